The smallest absolute Gasteiger partial charge is 0.410 e. The Labute approximate surface area is 109 Å². The van der Waals surface area contributed by atoms with Crippen molar-refractivity contribution in [3.63, 3.8) is 0 Å². The molecule has 2 N–H and O–H groups in total. The van der Waals surface area contributed by atoms with Crippen molar-refractivity contribution in [2.45, 2.75) is 45.2 Å². The van der Waals surface area contributed by atoms with Crippen molar-refractivity contribution in [2.24, 2.45) is 0 Å². The van der Waals surface area contributed by atoms with Gasteiger partial charge in [-0.15, -0.1) is 11.3 Å². The maximum Gasteiger partial charge on any atom is 0.410 e. The standard InChI is InChI=1S/C11H16N2O4S/c1-10(2)7(16-11(3,4)17-10)6-5-18-8(12-6)13-9(14)15/h5,7H,1-4H3,(H,12,13)(H,14,15). The summed E-state index contributed by atoms with van der Waals surface area (Å²) in [5.41, 5.74) is 0.178. The van der Waals surface area contributed by atoms with Gasteiger partial charge in [0.25, 0.3) is 0 Å². The summed E-state index contributed by atoms with van der Waals surface area (Å²) in [6.45, 7) is 7.54. The number of thiazole rings is 1. The van der Waals surface area contributed by atoms with Crippen LogP contribution in [-0.2, 0) is 9.47 Å². The van der Waals surface area contributed by atoms with E-state index in [1.54, 1.807) is 5.38 Å². The van der Waals surface area contributed by atoms with E-state index in [0.29, 0.717) is 10.8 Å². The lowest BCUT2D eigenvalue weighted by Crippen LogP contribution is -2.28. The summed E-state index contributed by atoms with van der Waals surface area (Å²) in [5, 5.41) is 13.0. The predicted octanol–water partition coefficient (Wildman–Crippen LogP) is 2.84. The molecule has 0 aliphatic carbocycles. The van der Waals surface area contributed by atoms with Crippen LogP contribution in [0, 0.1) is 0 Å². The van der Waals surface area contributed by atoms with E-state index in [2.05, 4.69) is 10.3 Å². The van der Waals surface area contributed by atoms with E-state index >= 15 is 0 Å². The fourth-order valence-electron chi connectivity index (χ4n) is 2.11. The highest BCUT2D eigenvalue weighted by Gasteiger charge is 2.48. The Hall–Kier alpha value is -1.18. The number of ether oxygens (including phenoxy) is 2. The maximum absolute atomic E-state index is 10.5. The van der Waals surface area contributed by atoms with Crippen LogP contribution in [0.15, 0.2) is 5.38 Å². The van der Waals surface area contributed by atoms with Gasteiger partial charge in [-0.05, 0) is 27.7 Å². The van der Waals surface area contributed by atoms with Gasteiger partial charge in [0.2, 0.25) is 0 Å². The van der Waals surface area contributed by atoms with Gasteiger partial charge < -0.3 is 14.6 Å². The van der Waals surface area contributed by atoms with Crippen LogP contribution < -0.4 is 5.32 Å². The molecular formula is C11H16N2O4S. The van der Waals surface area contributed by atoms with Crippen molar-refractivity contribution >= 4 is 22.6 Å². The van der Waals surface area contributed by atoms with Gasteiger partial charge in [-0.2, -0.15) is 0 Å². The van der Waals surface area contributed by atoms with E-state index < -0.39 is 17.5 Å². The molecular weight excluding hydrogens is 256 g/mol. The van der Waals surface area contributed by atoms with Crippen molar-refractivity contribution < 1.29 is 19.4 Å². The largest absolute Gasteiger partial charge is 0.465 e. The van der Waals surface area contributed by atoms with Crippen LogP contribution in [0.5, 0.6) is 0 Å². The molecule has 0 radical (unpaired) electrons. The molecule has 0 saturated carbocycles. The van der Waals surface area contributed by atoms with Crippen LogP contribution in [0.1, 0.15) is 39.5 Å². The molecule has 1 aliphatic heterocycles. The molecule has 1 aromatic heterocycles. The van der Waals surface area contributed by atoms with Gasteiger partial charge in [0, 0.05) is 5.38 Å². The summed E-state index contributed by atoms with van der Waals surface area (Å²) >= 11 is 1.23. The lowest BCUT2D eigenvalue weighted by Gasteiger charge is -2.22. The Morgan fingerprint density at radius 2 is 2.17 bits per heavy atom. The van der Waals surface area contributed by atoms with Crippen LogP contribution in [0.2, 0.25) is 0 Å². The van der Waals surface area contributed by atoms with Gasteiger partial charge in [0.05, 0.1) is 11.3 Å². The van der Waals surface area contributed by atoms with Gasteiger partial charge >= 0.3 is 6.09 Å². The van der Waals surface area contributed by atoms with Gasteiger partial charge in [-0.25, -0.2) is 9.78 Å². The molecule has 2 heterocycles. The summed E-state index contributed by atoms with van der Waals surface area (Å²) in [7, 11) is 0. The van der Waals surface area contributed by atoms with E-state index in [9.17, 15) is 4.79 Å². The Morgan fingerprint density at radius 3 is 2.67 bits per heavy atom. The number of rotatable bonds is 2. The lowest BCUT2D eigenvalue weighted by atomic mass is 10.0. The minimum Gasteiger partial charge on any atom is -0.465 e. The molecule has 1 aliphatic rings. The summed E-state index contributed by atoms with van der Waals surface area (Å²) in [6, 6.07) is 0. The number of hydrogen-bond donors (Lipinski definition) is 2. The van der Waals surface area contributed by atoms with E-state index in [1.807, 2.05) is 27.7 Å². The minimum atomic E-state index is -1.13. The predicted molar refractivity (Wildman–Crippen MR) is 66.8 cm³/mol. The Morgan fingerprint density at radius 1 is 1.50 bits per heavy atom. The van der Waals surface area contributed by atoms with E-state index in [1.165, 1.54) is 11.3 Å². The van der Waals surface area contributed by atoms with Gasteiger partial charge in [0.1, 0.15) is 6.10 Å². The number of carboxylic acid groups (broad SMARTS) is 1. The van der Waals surface area contributed by atoms with Crippen LogP contribution in [0.25, 0.3) is 0 Å². The quantitative estimate of drug-likeness (QED) is 0.865. The molecule has 7 heteroatoms. The molecule has 1 saturated heterocycles. The van der Waals surface area contributed by atoms with Gasteiger partial charge in [-0.3, -0.25) is 5.32 Å². The van der Waals surface area contributed by atoms with Crippen molar-refractivity contribution in [2.75, 3.05) is 5.32 Å². The molecule has 2 rings (SSSR count). The van der Waals surface area contributed by atoms with Crippen LogP contribution in [0.3, 0.4) is 0 Å². The first-order valence-corrected chi connectivity index (χ1v) is 6.41. The first-order chi connectivity index (χ1) is 8.20. The molecule has 1 aromatic rings. The van der Waals surface area contributed by atoms with E-state index in [4.69, 9.17) is 14.6 Å². The number of aromatic nitrogens is 1. The summed E-state index contributed by atoms with van der Waals surface area (Å²) < 4.78 is 11.6. The van der Waals surface area contributed by atoms with Gasteiger partial charge in [-0.1, -0.05) is 0 Å². The number of carbonyl (C=O) groups is 1. The lowest BCUT2D eigenvalue weighted by molar-refractivity contribution is -0.157. The molecule has 18 heavy (non-hydrogen) atoms. The normalized spacial score (nSPS) is 25.0. The van der Waals surface area contributed by atoms with Crippen molar-refractivity contribution in [1.29, 1.82) is 0 Å². The molecule has 0 spiro atoms. The molecule has 1 atom stereocenters. The molecule has 0 aromatic carbocycles. The minimum absolute atomic E-state index is 0.312. The SMILES string of the molecule is CC1(C)OC(c2csc(NC(=O)O)n2)C(C)(C)O1. The fraction of sp³-hybridized carbons (Fsp3) is 0.636. The van der Waals surface area contributed by atoms with Crippen molar-refractivity contribution in [1.82, 2.24) is 4.98 Å². The number of nitrogens with zero attached hydrogens (tertiary/aromatic N) is 1. The summed E-state index contributed by atoms with van der Waals surface area (Å²) in [4.78, 5) is 14.7. The average molecular weight is 272 g/mol. The fourth-order valence-corrected chi connectivity index (χ4v) is 2.82. The summed E-state index contributed by atoms with van der Waals surface area (Å²) in [5.74, 6) is -0.668. The van der Waals surface area contributed by atoms with Crippen LogP contribution in [0.4, 0.5) is 9.93 Å². The molecule has 6 nitrogen and oxygen atoms in total. The van der Waals surface area contributed by atoms with Gasteiger partial charge in [0.15, 0.2) is 10.9 Å². The van der Waals surface area contributed by atoms with E-state index in [0.717, 1.165) is 0 Å². The number of nitrogens with one attached hydrogen (secondary N) is 1. The number of amides is 1. The zero-order valence-electron chi connectivity index (χ0n) is 10.7. The second-order valence-electron chi connectivity index (χ2n) is 5.11. The second kappa shape index (κ2) is 4.18. The zero-order chi connectivity index (χ0) is 13.6. The highest BCUT2D eigenvalue weighted by Crippen LogP contribution is 2.45. The Balaban J connectivity index is 2.21. The third-order valence-electron chi connectivity index (χ3n) is 2.55. The average Bonchev–Trinajstić information content (AvgIpc) is 2.66. The third kappa shape index (κ3) is 2.63. The monoisotopic (exact) mass is 272 g/mol. The first kappa shape index (κ1) is 13.3. The highest BCUT2D eigenvalue weighted by molar-refractivity contribution is 7.13. The molecule has 0 bridgehead atoms. The number of anilines is 1. The second-order valence-corrected chi connectivity index (χ2v) is 5.97. The maximum atomic E-state index is 10.5. The summed E-state index contributed by atoms with van der Waals surface area (Å²) in [6.07, 6.45) is -1.44. The third-order valence-corrected chi connectivity index (χ3v) is 3.32. The van der Waals surface area contributed by atoms with Crippen LogP contribution in [-0.4, -0.2) is 27.6 Å². The molecule has 1 unspecified atom stereocenters. The van der Waals surface area contributed by atoms with E-state index in [-0.39, 0.29) is 6.10 Å². The molecule has 100 valence electrons. The molecule has 1 fully saturated rings. The molecule has 1 amide bonds. The van der Waals surface area contributed by atoms with Crippen LogP contribution >= 0.6 is 11.3 Å². The topological polar surface area (TPSA) is 80.7 Å². The Bertz CT molecular complexity index is 469. The Kier molecular flexibility index (Phi) is 3.08. The number of hydrogen-bond acceptors (Lipinski definition) is 5. The van der Waals surface area contributed by atoms with Crippen molar-refractivity contribution in [3.8, 4) is 0 Å². The highest BCUT2D eigenvalue weighted by atomic mass is 32.1. The zero-order valence-corrected chi connectivity index (χ0v) is 11.5. The van der Waals surface area contributed by atoms with Crippen molar-refractivity contribution in [3.05, 3.63) is 11.1 Å². The first-order valence-electron chi connectivity index (χ1n) is 5.53.